The van der Waals surface area contributed by atoms with Crippen LogP contribution in [-0.4, -0.2) is 65.7 Å². The van der Waals surface area contributed by atoms with Gasteiger partial charge in [0, 0.05) is 55.2 Å². The van der Waals surface area contributed by atoms with Crippen molar-refractivity contribution in [2.75, 3.05) is 42.7 Å². The Morgan fingerprint density at radius 3 is 1.05 bits per heavy atom. The van der Waals surface area contributed by atoms with E-state index in [1.54, 1.807) is 42.7 Å². The van der Waals surface area contributed by atoms with Gasteiger partial charge in [0.2, 0.25) is 0 Å². The van der Waals surface area contributed by atoms with Crippen molar-refractivity contribution >= 4 is 17.6 Å². The molecule has 10 heteroatoms. The Bertz CT molecular complexity index is 198. The third kappa shape index (κ3) is 13.9. The molecule has 0 aliphatic carbocycles. The van der Waals surface area contributed by atoms with E-state index in [4.69, 9.17) is 26.6 Å². The predicted molar refractivity (Wildman–Crippen MR) is 81.0 cm³/mol. The zero-order chi connectivity index (χ0) is 15.5. The largest absolute Gasteiger partial charge is 1.00 e. The maximum atomic E-state index is 5.24. The van der Waals surface area contributed by atoms with Gasteiger partial charge >= 0.3 is 69.0 Å². The zero-order valence-electron chi connectivity index (χ0n) is 15.2. The smallest absolute Gasteiger partial charge is 0.870 e. The average molecular weight is 371 g/mol. The zero-order valence-corrected chi connectivity index (χ0v) is 20.3. The second-order valence-corrected chi connectivity index (χ2v) is 10.3. The summed E-state index contributed by atoms with van der Waals surface area (Å²) in [7, 11) is 5.22. The summed E-state index contributed by atoms with van der Waals surface area (Å²) in [5.74, 6) is 0.543. The number of hydrogen-bond acceptors (Lipinski definition) is 7. The Hall–Kier alpha value is 1.79. The van der Waals surface area contributed by atoms with Gasteiger partial charge in [0.1, 0.15) is 0 Å². The molecule has 21 heavy (non-hydrogen) atoms. The molecule has 0 heterocycles. The first-order chi connectivity index (χ1) is 8.78. The van der Waals surface area contributed by atoms with Gasteiger partial charge < -0.3 is 32.0 Å². The van der Waals surface area contributed by atoms with Gasteiger partial charge in [-0.05, 0) is 5.92 Å². The molecule has 0 spiro atoms. The summed E-state index contributed by atoms with van der Waals surface area (Å²) in [4.78, 5) is 0. The molecule has 0 atom stereocenters. The Morgan fingerprint density at radius 1 is 0.714 bits per heavy atom. The molecular formula is C11H31KO7Si2. The van der Waals surface area contributed by atoms with E-state index < -0.39 is 17.6 Å². The van der Waals surface area contributed by atoms with E-state index >= 15 is 0 Å². The Balaban J connectivity index is -0.000000131. The minimum absolute atomic E-state index is 0. The summed E-state index contributed by atoms with van der Waals surface area (Å²) in [6.45, 7) is 6.07. The van der Waals surface area contributed by atoms with Crippen LogP contribution in [0.4, 0.5) is 0 Å². The van der Waals surface area contributed by atoms with E-state index in [2.05, 4.69) is 13.8 Å². The molecule has 0 saturated carbocycles. The van der Waals surface area contributed by atoms with Crippen LogP contribution < -0.4 is 51.4 Å². The van der Waals surface area contributed by atoms with Crippen LogP contribution in [0.25, 0.3) is 0 Å². The first kappa shape index (κ1) is 30.6. The second-order valence-electron chi connectivity index (χ2n) is 4.37. The fourth-order valence-electron chi connectivity index (χ4n) is 1.25. The Kier molecular flexibility index (Phi) is 24.3. The molecule has 0 unspecified atom stereocenters. The van der Waals surface area contributed by atoms with Gasteiger partial charge in [-0.25, -0.2) is 0 Å². The van der Waals surface area contributed by atoms with Crippen molar-refractivity contribution in [1.29, 1.82) is 0 Å². The topological polar surface area (TPSA) is 85.4 Å². The third-order valence-corrected chi connectivity index (χ3v) is 8.11. The summed E-state index contributed by atoms with van der Waals surface area (Å²) in [6.07, 6.45) is 0. The fourth-order valence-corrected chi connectivity index (χ4v) is 3.75. The monoisotopic (exact) mass is 370 g/mol. The Morgan fingerprint density at radius 2 is 1.00 bits per heavy atom. The number of hydrogen-bond donors (Lipinski definition) is 0. The van der Waals surface area contributed by atoms with Crippen LogP contribution >= 0.6 is 0 Å². The fraction of sp³-hybridized carbons (Fsp3) is 1.00. The molecule has 0 aliphatic heterocycles. The third-order valence-electron chi connectivity index (χ3n) is 2.70. The molecule has 0 amide bonds. The van der Waals surface area contributed by atoms with Gasteiger partial charge in [-0.15, -0.1) is 0 Å². The van der Waals surface area contributed by atoms with Crippen LogP contribution in [-0.2, 0) is 26.6 Å². The van der Waals surface area contributed by atoms with Gasteiger partial charge in [-0.2, -0.15) is 0 Å². The van der Waals surface area contributed by atoms with E-state index in [1.807, 2.05) is 6.55 Å². The van der Waals surface area contributed by atoms with E-state index in [-0.39, 0.29) is 56.9 Å². The molecule has 126 valence electrons. The quantitative estimate of drug-likeness (QED) is 0.498. The molecular weight excluding hydrogens is 339 g/mol. The maximum Gasteiger partial charge on any atom is 1.00 e. The van der Waals surface area contributed by atoms with Gasteiger partial charge in [0.25, 0.3) is 0 Å². The normalized spacial score (nSPS) is 11.1. The average Bonchev–Trinajstić information content (AvgIpc) is 2.44. The molecule has 1 N–H and O–H groups in total. The minimum Gasteiger partial charge on any atom is -0.870 e. The van der Waals surface area contributed by atoms with Crippen molar-refractivity contribution in [3.63, 3.8) is 0 Å². The van der Waals surface area contributed by atoms with Crippen molar-refractivity contribution < 1.29 is 83.4 Å². The van der Waals surface area contributed by atoms with Crippen molar-refractivity contribution in [3.05, 3.63) is 0 Å². The minimum atomic E-state index is -2.28. The van der Waals surface area contributed by atoms with E-state index in [0.29, 0.717) is 5.92 Å². The van der Waals surface area contributed by atoms with Gasteiger partial charge in [0.15, 0.2) is 0 Å². The van der Waals surface area contributed by atoms with Crippen LogP contribution in [0.3, 0.4) is 0 Å². The van der Waals surface area contributed by atoms with Crippen molar-refractivity contribution in [1.82, 2.24) is 0 Å². The number of rotatable bonds is 8. The van der Waals surface area contributed by atoms with Gasteiger partial charge in [-0.1, -0.05) is 13.8 Å². The van der Waals surface area contributed by atoms with Crippen molar-refractivity contribution in [3.8, 4) is 0 Å². The summed E-state index contributed by atoms with van der Waals surface area (Å²) in [6, 6.07) is 0.872. The summed E-state index contributed by atoms with van der Waals surface area (Å²) in [5, 5.41) is 0. The van der Waals surface area contributed by atoms with Crippen LogP contribution in [0, 0.1) is 5.92 Å². The molecule has 7 nitrogen and oxygen atoms in total. The van der Waals surface area contributed by atoms with Crippen molar-refractivity contribution in [2.45, 2.75) is 26.4 Å². The molecule has 0 fully saturated rings. The predicted octanol–water partition coefficient (Wildman–Crippen LogP) is -1.16. The van der Waals surface area contributed by atoms with Crippen LogP contribution in [0.2, 0.25) is 12.6 Å². The molecule has 0 rings (SSSR count). The summed E-state index contributed by atoms with van der Waals surface area (Å²) in [5.41, 5.74) is 0. The first-order valence-electron chi connectivity index (χ1n) is 6.09. The SMILES string of the molecule is CO[Si](C)(OC)OC.CO[Si](CC(C)C)(OC)OC.[K+].[OH-]. The molecule has 0 saturated heterocycles. The second kappa shape index (κ2) is 16.6. The van der Waals surface area contributed by atoms with E-state index in [0.717, 1.165) is 6.04 Å². The van der Waals surface area contributed by atoms with E-state index in [9.17, 15) is 0 Å². The van der Waals surface area contributed by atoms with Crippen LogP contribution in [0.5, 0.6) is 0 Å². The standard InChI is InChI=1S/C7H18O3Si.C4H12O3Si.K.H2O/c1-7(2)6-11(8-3,9-4)10-5;1-5-8(4,6-2)7-3;;/h7H,6H2,1-5H3;1-4H3;;1H2/q;;+1;/p-1. The Labute approximate surface area is 174 Å². The van der Waals surface area contributed by atoms with Crippen LogP contribution in [0.1, 0.15) is 13.8 Å². The summed E-state index contributed by atoms with van der Waals surface area (Å²) >= 11 is 0. The molecule has 0 aromatic carbocycles. The molecule has 0 aromatic heterocycles. The van der Waals surface area contributed by atoms with Crippen molar-refractivity contribution in [2.24, 2.45) is 5.92 Å². The molecule has 0 aliphatic rings. The van der Waals surface area contributed by atoms with Crippen LogP contribution in [0.15, 0.2) is 0 Å². The molecule has 0 bridgehead atoms. The van der Waals surface area contributed by atoms with E-state index in [1.165, 1.54) is 0 Å². The summed E-state index contributed by atoms with van der Waals surface area (Å²) < 4.78 is 30.5. The molecule has 0 radical (unpaired) electrons. The maximum absolute atomic E-state index is 5.24. The van der Waals surface area contributed by atoms with Gasteiger partial charge in [0.05, 0.1) is 0 Å². The molecule has 0 aromatic rings. The first-order valence-corrected chi connectivity index (χ1v) is 10.2. The van der Waals surface area contributed by atoms with Gasteiger partial charge in [-0.3, -0.25) is 0 Å².